The number of carbonyl (C=O) groups is 2. The molecule has 15 heavy (non-hydrogen) atoms. The highest BCUT2D eigenvalue weighted by molar-refractivity contribution is 8.39. The van der Waals surface area contributed by atoms with E-state index >= 15 is 0 Å². The van der Waals surface area contributed by atoms with E-state index in [1.807, 2.05) is 41.5 Å². The summed E-state index contributed by atoms with van der Waals surface area (Å²) in [6, 6.07) is 0. The van der Waals surface area contributed by atoms with Gasteiger partial charge in [0.1, 0.15) is 0 Å². The smallest absolute Gasteiger partial charge is 0.195 e. The summed E-state index contributed by atoms with van der Waals surface area (Å²) in [5.41, 5.74) is -0.896. The van der Waals surface area contributed by atoms with Gasteiger partial charge in [0.05, 0.1) is 0 Å². The Morgan fingerprint density at radius 3 is 1.27 bits per heavy atom. The predicted octanol–water partition coefficient (Wildman–Crippen LogP) is 3.22. The lowest BCUT2D eigenvalue weighted by molar-refractivity contribution is -0.120. The molecule has 0 saturated heterocycles. The van der Waals surface area contributed by atoms with Crippen LogP contribution in [0.5, 0.6) is 0 Å². The van der Waals surface area contributed by atoms with Gasteiger partial charge in [0.2, 0.25) is 0 Å². The van der Waals surface area contributed by atoms with E-state index in [1.54, 1.807) is 12.3 Å². The summed E-state index contributed by atoms with van der Waals surface area (Å²) in [5.74, 6) is 0. The fourth-order valence-corrected chi connectivity index (χ4v) is 2.87. The van der Waals surface area contributed by atoms with Gasteiger partial charge >= 0.3 is 0 Å². The van der Waals surface area contributed by atoms with Crippen LogP contribution in [-0.4, -0.2) is 15.6 Å². The maximum atomic E-state index is 12.0. The average Bonchev–Trinajstić information content (AvgIpc) is 2.01. The Bertz CT molecular complexity index is 273. The molecule has 0 radical (unpaired) electrons. The highest BCUT2D eigenvalue weighted by Gasteiger charge is 2.32. The van der Waals surface area contributed by atoms with E-state index in [9.17, 15) is 9.59 Å². The predicted molar refractivity (Wildman–Crippen MR) is 68.3 cm³/mol. The summed E-state index contributed by atoms with van der Waals surface area (Å²) >= 11 is 0. The molecule has 0 unspecified atom stereocenters. The maximum Gasteiger partial charge on any atom is 0.195 e. The number of hydrogen-bond acceptors (Lipinski definition) is 2. The van der Waals surface area contributed by atoms with Gasteiger partial charge < -0.3 is 0 Å². The van der Waals surface area contributed by atoms with E-state index in [0.717, 1.165) is 0 Å². The minimum Gasteiger partial charge on any atom is -0.287 e. The summed E-state index contributed by atoms with van der Waals surface area (Å²) < 4.78 is 0. The third-order valence-corrected chi connectivity index (χ3v) is 4.36. The van der Waals surface area contributed by atoms with Crippen molar-refractivity contribution in [1.82, 2.24) is 0 Å². The second kappa shape index (κ2) is 4.60. The van der Waals surface area contributed by atoms with Crippen molar-refractivity contribution in [1.29, 1.82) is 0 Å². The van der Waals surface area contributed by atoms with E-state index in [2.05, 4.69) is 0 Å². The van der Waals surface area contributed by atoms with E-state index in [4.69, 9.17) is 0 Å². The van der Waals surface area contributed by atoms with Crippen LogP contribution in [0, 0.1) is 10.8 Å². The Balaban J connectivity index is 5.16. The monoisotopic (exact) mass is 230 g/mol. The summed E-state index contributed by atoms with van der Waals surface area (Å²) in [6.45, 7) is 12.9. The summed E-state index contributed by atoms with van der Waals surface area (Å²) in [4.78, 5) is 24.1. The van der Waals surface area contributed by atoms with Crippen LogP contribution >= 0.6 is 10.5 Å². The van der Waals surface area contributed by atoms with Crippen molar-refractivity contribution in [3.05, 3.63) is 0 Å². The van der Waals surface area contributed by atoms with Crippen molar-refractivity contribution in [2.45, 2.75) is 48.5 Å². The van der Waals surface area contributed by atoms with E-state index < -0.39 is 21.3 Å². The molecule has 0 aliphatic rings. The van der Waals surface area contributed by atoms with Crippen LogP contribution < -0.4 is 0 Å². The Morgan fingerprint density at radius 1 is 0.867 bits per heavy atom. The topological polar surface area (TPSA) is 34.1 Å². The van der Waals surface area contributed by atoms with Gasteiger partial charge in [0, 0.05) is 10.8 Å². The molecule has 0 aromatic heterocycles. The highest BCUT2D eigenvalue weighted by Crippen LogP contribution is 2.34. The molecule has 0 fully saturated rings. The highest BCUT2D eigenvalue weighted by atomic mass is 32.2. The zero-order chi connectivity index (χ0) is 12.4. The number of hydrogen-bond donors (Lipinski definition) is 0. The number of carbonyl (C=O) groups excluding carboxylic acids is 2. The van der Waals surface area contributed by atoms with Crippen molar-refractivity contribution in [3.63, 3.8) is 0 Å². The summed E-state index contributed by atoms with van der Waals surface area (Å²) in [5, 5.41) is 1.80. The molecule has 3 heteroatoms. The van der Waals surface area contributed by atoms with E-state index in [1.165, 1.54) is 0 Å². The average molecular weight is 230 g/mol. The number of rotatable bonds is 0. The van der Waals surface area contributed by atoms with Gasteiger partial charge in [0.15, 0.2) is 10.2 Å². The first kappa shape index (κ1) is 14.6. The fraction of sp³-hybridized carbons (Fsp3) is 0.750. The third kappa shape index (κ3) is 3.90. The largest absolute Gasteiger partial charge is 0.287 e. The zero-order valence-electron chi connectivity index (χ0n) is 10.8. The molecule has 0 aliphatic heterocycles. The lowest BCUT2D eigenvalue weighted by Gasteiger charge is -2.24. The van der Waals surface area contributed by atoms with Gasteiger partial charge in [-0.1, -0.05) is 52.0 Å². The van der Waals surface area contributed by atoms with Crippen molar-refractivity contribution in [2.24, 2.45) is 10.8 Å². The molecular formula is C12H22O2S. The first-order valence-corrected chi connectivity index (χ1v) is 6.42. The molecule has 0 spiro atoms. The summed E-state index contributed by atoms with van der Waals surface area (Å²) in [7, 11) is -0.863. The lowest BCUT2D eigenvalue weighted by atomic mass is 9.99. The molecular weight excluding hydrogens is 208 g/mol. The Kier molecular flexibility index (Phi) is 4.47. The molecule has 0 heterocycles. The molecule has 0 aromatic carbocycles. The van der Waals surface area contributed by atoms with Crippen LogP contribution in [0.4, 0.5) is 0 Å². The van der Waals surface area contributed by atoms with Crippen LogP contribution in [0.1, 0.15) is 48.5 Å². The molecule has 0 saturated carbocycles. The normalized spacial score (nSPS) is 12.8. The first-order valence-electron chi connectivity index (χ1n) is 5.13. The first-order chi connectivity index (χ1) is 6.51. The van der Waals surface area contributed by atoms with Crippen LogP contribution in [0.15, 0.2) is 0 Å². The van der Waals surface area contributed by atoms with Gasteiger partial charge in [0.25, 0.3) is 0 Å². The molecule has 0 atom stereocenters. The van der Waals surface area contributed by atoms with Crippen molar-refractivity contribution >= 4 is 26.1 Å². The van der Waals surface area contributed by atoms with Crippen molar-refractivity contribution in [2.75, 3.05) is 0 Å². The molecule has 0 aromatic rings. The Labute approximate surface area is 95.4 Å². The SMILES string of the molecule is CC=S(C(=O)C(C)(C)C)C(=O)C(C)(C)C. The maximum absolute atomic E-state index is 12.0. The van der Waals surface area contributed by atoms with Crippen molar-refractivity contribution < 1.29 is 9.59 Å². The van der Waals surface area contributed by atoms with Crippen LogP contribution in [-0.2, 0) is 9.59 Å². The van der Waals surface area contributed by atoms with Gasteiger partial charge in [-0.3, -0.25) is 9.59 Å². The van der Waals surface area contributed by atoms with E-state index in [-0.39, 0.29) is 10.2 Å². The van der Waals surface area contributed by atoms with Crippen LogP contribution in [0.25, 0.3) is 0 Å². The second-order valence-corrected chi connectivity index (χ2v) is 7.54. The molecule has 0 N–H and O–H groups in total. The Hall–Kier alpha value is -0.440. The molecule has 0 rings (SSSR count). The van der Waals surface area contributed by atoms with Gasteiger partial charge in [-0.15, -0.1) is 0 Å². The summed E-state index contributed by atoms with van der Waals surface area (Å²) in [6.07, 6.45) is 0. The standard InChI is InChI=1S/C12H22O2S/c1-8-15(9(13)11(2,3)4)10(14)12(5,6)7/h8H,1-7H3. The molecule has 0 amide bonds. The van der Waals surface area contributed by atoms with Crippen LogP contribution in [0.3, 0.4) is 0 Å². The van der Waals surface area contributed by atoms with Crippen LogP contribution in [0.2, 0.25) is 0 Å². The second-order valence-electron chi connectivity index (χ2n) is 5.65. The molecule has 88 valence electrons. The molecule has 0 aliphatic carbocycles. The van der Waals surface area contributed by atoms with Gasteiger partial charge in [-0.2, -0.15) is 0 Å². The quantitative estimate of drug-likeness (QED) is 0.599. The zero-order valence-corrected chi connectivity index (χ0v) is 11.6. The lowest BCUT2D eigenvalue weighted by Crippen LogP contribution is -2.26. The van der Waals surface area contributed by atoms with Gasteiger partial charge in [-0.05, 0) is 12.3 Å². The molecule has 2 nitrogen and oxygen atoms in total. The third-order valence-electron chi connectivity index (χ3n) is 1.86. The molecule has 0 bridgehead atoms. The van der Waals surface area contributed by atoms with E-state index in [0.29, 0.717) is 0 Å². The van der Waals surface area contributed by atoms with Crippen molar-refractivity contribution in [3.8, 4) is 0 Å². The fourth-order valence-electron chi connectivity index (χ4n) is 0.958. The van der Waals surface area contributed by atoms with Gasteiger partial charge in [-0.25, -0.2) is 0 Å². The minimum absolute atomic E-state index is 0.0323. The minimum atomic E-state index is -0.863. The Morgan fingerprint density at radius 2 is 1.13 bits per heavy atom.